The van der Waals surface area contributed by atoms with E-state index in [1.54, 1.807) is 18.2 Å². The van der Waals surface area contributed by atoms with E-state index < -0.39 is 0 Å². The van der Waals surface area contributed by atoms with Gasteiger partial charge in [0.1, 0.15) is 12.4 Å². The molecule has 0 radical (unpaired) electrons. The molecule has 0 amide bonds. The summed E-state index contributed by atoms with van der Waals surface area (Å²) in [6.07, 6.45) is 0. The number of hydrogen-bond acceptors (Lipinski definition) is 3. The maximum absolute atomic E-state index is 8.76. The molecule has 0 aliphatic rings. The molecule has 0 saturated carbocycles. The quantitative estimate of drug-likeness (QED) is 0.867. The SMILES string of the molecule is Cc1ccc(COc2ccc(C#N)cc2N)c(Cl)c1. The van der Waals surface area contributed by atoms with Gasteiger partial charge in [0, 0.05) is 10.6 Å². The highest BCUT2D eigenvalue weighted by Crippen LogP contribution is 2.25. The summed E-state index contributed by atoms with van der Waals surface area (Å²) in [5, 5.41) is 9.43. The minimum absolute atomic E-state index is 0.342. The highest BCUT2D eigenvalue weighted by Gasteiger charge is 2.05. The fourth-order valence-electron chi connectivity index (χ4n) is 1.67. The molecule has 4 heteroatoms. The molecule has 0 saturated heterocycles. The molecule has 0 fully saturated rings. The average molecular weight is 273 g/mol. The van der Waals surface area contributed by atoms with E-state index in [1.165, 1.54) is 0 Å². The predicted octanol–water partition coefficient (Wildman–Crippen LogP) is 3.68. The summed E-state index contributed by atoms with van der Waals surface area (Å²) in [4.78, 5) is 0. The third-order valence-electron chi connectivity index (χ3n) is 2.73. The zero-order chi connectivity index (χ0) is 13.8. The molecule has 3 nitrogen and oxygen atoms in total. The molecule has 2 aromatic rings. The van der Waals surface area contributed by atoms with Crippen molar-refractivity contribution in [2.45, 2.75) is 13.5 Å². The lowest BCUT2D eigenvalue weighted by molar-refractivity contribution is 0.308. The Labute approximate surface area is 117 Å². The fraction of sp³-hybridized carbons (Fsp3) is 0.133. The van der Waals surface area contributed by atoms with E-state index >= 15 is 0 Å². The molecule has 0 unspecified atom stereocenters. The summed E-state index contributed by atoms with van der Waals surface area (Å²) in [6, 6.07) is 12.8. The first-order chi connectivity index (χ1) is 9.10. The second-order valence-corrected chi connectivity index (χ2v) is 4.66. The highest BCUT2D eigenvalue weighted by atomic mass is 35.5. The minimum Gasteiger partial charge on any atom is -0.487 e. The van der Waals surface area contributed by atoms with Gasteiger partial charge in [-0.15, -0.1) is 0 Å². The Morgan fingerprint density at radius 1 is 1.26 bits per heavy atom. The third kappa shape index (κ3) is 3.18. The number of anilines is 1. The van der Waals surface area contributed by atoms with Crippen LogP contribution in [0.25, 0.3) is 0 Å². The third-order valence-corrected chi connectivity index (χ3v) is 3.08. The summed E-state index contributed by atoms with van der Waals surface area (Å²) in [5.74, 6) is 0.552. The van der Waals surface area contributed by atoms with Crippen LogP contribution in [-0.2, 0) is 6.61 Å². The van der Waals surface area contributed by atoms with Crippen molar-refractivity contribution in [1.82, 2.24) is 0 Å². The number of rotatable bonds is 3. The summed E-state index contributed by atoms with van der Waals surface area (Å²) in [5.41, 5.74) is 8.78. The van der Waals surface area contributed by atoms with Crippen LogP contribution in [0.15, 0.2) is 36.4 Å². The van der Waals surface area contributed by atoms with E-state index in [0.29, 0.717) is 28.6 Å². The van der Waals surface area contributed by atoms with Crippen molar-refractivity contribution >= 4 is 17.3 Å². The first-order valence-electron chi connectivity index (χ1n) is 5.77. The van der Waals surface area contributed by atoms with Crippen LogP contribution >= 0.6 is 11.6 Å². The molecule has 2 N–H and O–H groups in total. The van der Waals surface area contributed by atoms with Crippen LogP contribution in [-0.4, -0.2) is 0 Å². The normalized spacial score (nSPS) is 9.95. The van der Waals surface area contributed by atoms with Crippen LogP contribution in [0.2, 0.25) is 5.02 Å². The van der Waals surface area contributed by atoms with Crippen LogP contribution in [0.3, 0.4) is 0 Å². The number of benzene rings is 2. The standard InChI is InChI=1S/C15H13ClN2O/c1-10-2-4-12(13(16)6-10)9-19-15-5-3-11(8-17)7-14(15)18/h2-7H,9,18H2,1H3. The Kier molecular flexibility index (Phi) is 3.94. The maximum Gasteiger partial charge on any atom is 0.142 e. The Morgan fingerprint density at radius 3 is 2.68 bits per heavy atom. The highest BCUT2D eigenvalue weighted by molar-refractivity contribution is 6.31. The molecule has 19 heavy (non-hydrogen) atoms. The number of nitrogens with zero attached hydrogens (tertiary/aromatic N) is 1. The van der Waals surface area contributed by atoms with Crippen molar-refractivity contribution in [2.75, 3.05) is 5.73 Å². The molecule has 0 aliphatic heterocycles. The molecule has 0 bridgehead atoms. The Morgan fingerprint density at radius 2 is 2.05 bits per heavy atom. The van der Waals surface area contributed by atoms with E-state index in [9.17, 15) is 0 Å². The maximum atomic E-state index is 8.76. The number of nitriles is 1. The number of hydrogen-bond donors (Lipinski definition) is 1. The summed E-state index contributed by atoms with van der Waals surface area (Å²) < 4.78 is 5.62. The second-order valence-electron chi connectivity index (χ2n) is 4.25. The molecule has 0 heterocycles. The summed E-state index contributed by atoms with van der Waals surface area (Å²) >= 11 is 6.13. The largest absolute Gasteiger partial charge is 0.487 e. The van der Waals surface area contributed by atoms with Crippen molar-refractivity contribution in [1.29, 1.82) is 5.26 Å². The number of aryl methyl sites for hydroxylation is 1. The lowest BCUT2D eigenvalue weighted by atomic mass is 10.1. The van der Waals surface area contributed by atoms with Crippen LogP contribution in [0.5, 0.6) is 5.75 Å². The summed E-state index contributed by atoms with van der Waals surface area (Å²) in [6.45, 7) is 2.32. The van der Waals surface area contributed by atoms with Gasteiger partial charge in [-0.2, -0.15) is 5.26 Å². The van der Waals surface area contributed by atoms with E-state index in [2.05, 4.69) is 0 Å². The molecule has 0 atom stereocenters. The zero-order valence-electron chi connectivity index (χ0n) is 10.5. The van der Waals surface area contributed by atoms with Gasteiger partial charge in [-0.05, 0) is 36.8 Å². The fourth-order valence-corrected chi connectivity index (χ4v) is 1.96. The number of ether oxygens (including phenoxy) is 1. The number of nitrogens with two attached hydrogens (primary N) is 1. The monoisotopic (exact) mass is 272 g/mol. The van der Waals surface area contributed by atoms with E-state index in [1.807, 2.05) is 31.2 Å². The van der Waals surface area contributed by atoms with Gasteiger partial charge in [0.2, 0.25) is 0 Å². The van der Waals surface area contributed by atoms with Gasteiger partial charge < -0.3 is 10.5 Å². The minimum atomic E-state index is 0.342. The smallest absolute Gasteiger partial charge is 0.142 e. The van der Waals surface area contributed by atoms with Gasteiger partial charge >= 0.3 is 0 Å². The molecular formula is C15H13ClN2O. The predicted molar refractivity (Wildman–Crippen MR) is 76.1 cm³/mol. The molecule has 0 aliphatic carbocycles. The van der Waals surface area contributed by atoms with Gasteiger partial charge in [-0.3, -0.25) is 0 Å². The van der Waals surface area contributed by atoms with E-state index in [-0.39, 0.29) is 0 Å². The molecular weight excluding hydrogens is 260 g/mol. The first kappa shape index (κ1) is 13.3. The van der Waals surface area contributed by atoms with Crippen molar-refractivity contribution in [2.24, 2.45) is 0 Å². The van der Waals surface area contributed by atoms with E-state index in [4.69, 9.17) is 27.3 Å². The van der Waals surface area contributed by atoms with Crippen LogP contribution in [0.4, 0.5) is 5.69 Å². The Hall–Kier alpha value is -2.18. The van der Waals surface area contributed by atoms with Crippen molar-refractivity contribution in [3.8, 4) is 11.8 Å². The molecule has 2 aromatic carbocycles. The van der Waals surface area contributed by atoms with Gasteiger partial charge in [-0.25, -0.2) is 0 Å². The Balaban J connectivity index is 2.13. The van der Waals surface area contributed by atoms with Gasteiger partial charge in [-0.1, -0.05) is 23.7 Å². The van der Waals surface area contributed by atoms with Crippen LogP contribution < -0.4 is 10.5 Å². The van der Waals surface area contributed by atoms with Crippen molar-refractivity contribution < 1.29 is 4.74 Å². The van der Waals surface area contributed by atoms with Gasteiger partial charge in [0.05, 0.1) is 17.3 Å². The summed E-state index contributed by atoms with van der Waals surface area (Å²) in [7, 11) is 0. The zero-order valence-corrected chi connectivity index (χ0v) is 11.2. The first-order valence-corrected chi connectivity index (χ1v) is 6.15. The molecule has 2 rings (SSSR count). The number of halogens is 1. The molecule has 96 valence electrons. The lowest BCUT2D eigenvalue weighted by Crippen LogP contribution is -2.00. The molecule has 0 spiro atoms. The second kappa shape index (κ2) is 5.64. The van der Waals surface area contributed by atoms with Gasteiger partial charge in [0.25, 0.3) is 0 Å². The average Bonchev–Trinajstić information content (AvgIpc) is 2.39. The Bertz CT molecular complexity index is 647. The van der Waals surface area contributed by atoms with E-state index in [0.717, 1.165) is 11.1 Å². The van der Waals surface area contributed by atoms with Crippen LogP contribution in [0, 0.1) is 18.3 Å². The van der Waals surface area contributed by atoms with Crippen molar-refractivity contribution in [3.63, 3.8) is 0 Å². The topological polar surface area (TPSA) is 59.0 Å². The molecule has 0 aromatic heterocycles. The van der Waals surface area contributed by atoms with Crippen LogP contribution in [0.1, 0.15) is 16.7 Å². The van der Waals surface area contributed by atoms with Gasteiger partial charge in [0.15, 0.2) is 0 Å². The lowest BCUT2D eigenvalue weighted by Gasteiger charge is -2.10. The number of nitrogen functional groups attached to an aromatic ring is 1. The van der Waals surface area contributed by atoms with Crippen molar-refractivity contribution in [3.05, 3.63) is 58.1 Å².